The third kappa shape index (κ3) is 4.01. The molecule has 2 fully saturated rings. The average Bonchev–Trinajstić information content (AvgIpc) is 3.63. The van der Waals surface area contributed by atoms with E-state index in [2.05, 4.69) is 30.7 Å². The third-order valence-corrected chi connectivity index (χ3v) is 6.43. The van der Waals surface area contributed by atoms with Crippen LogP contribution in [0, 0.1) is 11.7 Å². The molecule has 1 saturated carbocycles. The summed E-state index contributed by atoms with van der Waals surface area (Å²) in [6.07, 6.45) is 6.86. The summed E-state index contributed by atoms with van der Waals surface area (Å²) in [5.41, 5.74) is 1.52. The Morgan fingerprint density at radius 3 is 2.83 bits per heavy atom. The summed E-state index contributed by atoms with van der Waals surface area (Å²) in [5.74, 6) is 1.21. The van der Waals surface area contributed by atoms with E-state index in [0.29, 0.717) is 54.1 Å². The Morgan fingerprint density at radius 1 is 1.20 bits per heavy atom. The Balaban J connectivity index is 1.42. The van der Waals surface area contributed by atoms with Gasteiger partial charge in [0.2, 0.25) is 5.91 Å². The third-order valence-electron chi connectivity index (χ3n) is 6.43. The summed E-state index contributed by atoms with van der Waals surface area (Å²) in [6, 6.07) is 3.20. The lowest BCUT2D eigenvalue weighted by Gasteiger charge is -2.32. The number of morpholine rings is 1. The van der Waals surface area contributed by atoms with Crippen molar-refractivity contribution in [2.24, 2.45) is 5.92 Å². The predicted octanol–water partition coefficient (Wildman–Crippen LogP) is 3.09. The van der Waals surface area contributed by atoms with Gasteiger partial charge < -0.3 is 20.3 Å². The van der Waals surface area contributed by atoms with Crippen molar-refractivity contribution in [2.75, 3.05) is 42.3 Å². The first-order chi connectivity index (χ1) is 17.0. The molecule has 1 aliphatic heterocycles. The zero-order valence-electron chi connectivity index (χ0n) is 19.5. The maximum atomic E-state index is 15.0. The normalized spacial score (nSPS) is 18.3. The van der Waals surface area contributed by atoms with E-state index in [9.17, 15) is 4.79 Å². The highest BCUT2D eigenvalue weighted by molar-refractivity contribution is 6.03. The number of anilines is 3. The number of nitrogens with one attached hydrogen (secondary N) is 2. The molecule has 1 aliphatic carbocycles. The number of hydrogen-bond acceptors (Lipinski definition) is 8. The van der Waals surface area contributed by atoms with Crippen LogP contribution in [0.15, 0.2) is 30.7 Å². The quantitative estimate of drug-likeness (QED) is 0.452. The second-order valence-electron chi connectivity index (χ2n) is 9.02. The molecule has 1 amide bonds. The number of halogens is 1. The SMILES string of the molecule is CNc1ncc(-c2nc3cc(F)c(N4CCOC(C)C4)cn3n2)c2cc(NC(=O)C3CC3)ncc12. The molecule has 4 aromatic rings. The van der Waals surface area contributed by atoms with Crippen LogP contribution in [0.5, 0.6) is 0 Å². The van der Waals surface area contributed by atoms with Gasteiger partial charge in [-0.15, -0.1) is 5.10 Å². The molecule has 0 aromatic carbocycles. The second kappa shape index (κ2) is 8.42. The molecular weight excluding hydrogens is 451 g/mol. The highest BCUT2D eigenvalue weighted by Crippen LogP contribution is 2.33. The first kappa shape index (κ1) is 21.7. The smallest absolute Gasteiger partial charge is 0.228 e. The van der Waals surface area contributed by atoms with Gasteiger partial charge in [-0.1, -0.05) is 0 Å². The molecule has 35 heavy (non-hydrogen) atoms. The minimum Gasteiger partial charge on any atom is -0.375 e. The molecule has 180 valence electrons. The highest BCUT2D eigenvalue weighted by atomic mass is 19.1. The van der Waals surface area contributed by atoms with Crippen LogP contribution in [0.25, 0.3) is 27.8 Å². The fourth-order valence-corrected chi connectivity index (χ4v) is 4.43. The van der Waals surface area contributed by atoms with Crippen LogP contribution in [-0.4, -0.2) is 63.3 Å². The van der Waals surface area contributed by atoms with E-state index in [0.717, 1.165) is 23.6 Å². The minimum atomic E-state index is -0.353. The maximum Gasteiger partial charge on any atom is 0.228 e. The molecule has 2 aliphatic rings. The Hall–Kier alpha value is -3.86. The highest BCUT2D eigenvalue weighted by Gasteiger charge is 2.30. The first-order valence-electron chi connectivity index (χ1n) is 11.7. The van der Waals surface area contributed by atoms with Crippen LogP contribution in [-0.2, 0) is 9.53 Å². The van der Waals surface area contributed by atoms with E-state index in [-0.39, 0.29) is 23.7 Å². The number of aromatic nitrogens is 5. The van der Waals surface area contributed by atoms with Gasteiger partial charge >= 0.3 is 0 Å². The molecule has 0 spiro atoms. The summed E-state index contributed by atoms with van der Waals surface area (Å²) in [4.78, 5) is 27.7. The number of amides is 1. The number of pyridine rings is 3. The van der Waals surface area contributed by atoms with Crippen molar-refractivity contribution in [3.05, 3.63) is 36.5 Å². The van der Waals surface area contributed by atoms with Crippen molar-refractivity contribution in [3.63, 3.8) is 0 Å². The van der Waals surface area contributed by atoms with E-state index in [1.807, 2.05) is 11.8 Å². The predicted molar refractivity (Wildman–Crippen MR) is 130 cm³/mol. The second-order valence-corrected chi connectivity index (χ2v) is 9.02. The molecule has 1 saturated heterocycles. The van der Waals surface area contributed by atoms with Crippen molar-refractivity contribution < 1.29 is 13.9 Å². The summed E-state index contributed by atoms with van der Waals surface area (Å²) < 4.78 is 22.2. The van der Waals surface area contributed by atoms with Crippen LogP contribution in [0.1, 0.15) is 19.8 Å². The van der Waals surface area contributed by atoms with Crippen LogP contribution in [0.2, 0.25) is 0 Å². The van der Waals surface area contributed by atoms with Gasteiger partial charge in [-0.3, -0.25) is 4.79 Å². The summed E-state index contributed by atoms with van der Waals surface area (Å²) >= 11 is 0. The largest absolute Gasteiger partial charge is 0.375 e. The number of carbonyl (C=O) groups excluding carboxylic acids is 1. The fourth-order valence-electron chi connectivity index (χ4n) is 4.43. The van der Waals surface area contributed by atoms with E-state index >= 15 is 4.39 Å². The van der Waals surface area contributed by atoms with Crippen molar-refractivity contribution in [1.82, 2.24) is 24.6 Å². The van der Waals surface area contributed by atoms with Gasteiger partial charge in [0, 0.05) is 60.9 Å². The zero-order valence-corrected chi connectivity index (χ0v) is 19.5. The molecule has 0 bridgehead atoms. The molecule has 10 nitrogen and oxygen atoms in total. The lowest BCUT2D eigenvalue weighted by molar-refractivity contribution is -0.117. The van der Waals surface area contributed by atoms with Gasteiger partial charge in [-0.25, -0.2) is 23.9 Å². The molecule has 4 aromatic heterocycles. The van der Waals surface area contributed by atoms with Gasteiger partial charge in [-0.2, -0.15) is 0 Å². The fraction of sp³-hybridized carbons (Fsp3) is 0.375. The zero-order chi connectivity index (χ0) is 24.1. The Labute approximate surface area is 200 Å². The van der Waals surface area contributed by atoms with Gasteiger partial charge in [0.25, 0.3) is 0 Å². The van der Waals surface area contributed by atoms with Crippen molar-refractivity contribution in [2.45, 2.75) is 25.9 Å². The molecule has 5 heterocycles. The number of nitrogens with zero attached hydrogens (tertiary/aromatic N) is 6. The Kier molecular flexibility index (Phi) is 5.21. The molecular formula is C24H25FN8O2. The van der Waals surface area contributed by atoms with Gasteiger partial charge in [0.1, 0.15) is 11.6 Å². The van der Waals surface area contributed by atoms with E-state index < -0.39 is 0 Å². The number of carbonyl (C=O) groups is 1. The van der Waals surface area contributed by atoms with Gasteiger partial charge in [0.05, 0.1) is 24.6 Å². The van der Waals surface area contributed by atoms with Crippen molar-refractivity contribution in [1.29, 1.82) is 0 Å². The summed E-state index contributed by atoms with van der Waals surface area (Å²) in [6.45, 7) is 3.73. The minimum absolute atomic E-state index is 0.0208. The number of fused-ring (bicyclic) bond motifs is 2. The van der Waals surface area contributed by atoms with E-state index in [1.165, 1.54) is 6.07 Å². The van der Waals surface area contributed by atoms with E-state index in [4.69, 9.17) is 4.74 Å². The summed E-state index contributed by atoms with van der Waals surface area (Å²) in [5, 5.41) is 12.2. The molecule has 11 heteroatoms. The van der Waals surface area contributed by atoms with Crippen LogP contribution >= 0.6 is 0 Å². The number of rotatable bonds is 5. The summed E-state index contributed by atoms with van der Waals surface area (Å²) in [7, 11) is 1.78. The first-order valence-corrected chi connectivity index (χ1v) is 11.7. The Bertz CT molecular complexity index is 1450. The van der Waals surface area contributed by atoms with Gasteiger partial charge in [-0.05, 0) is 25.8 Å². The molecule has 1 unspecified atom stereocenters. The lowest BCUT2D eigenvalue weighted by atomic mass is 10.1. The molecule has 2 N–H and O–H groups in total. The molecule has 6 rings (SSSR count). The Morgan fingerprint density at radius 2 is 2.06 bits per heavy atom. The number of hydrogen-bond donors (Lipinski definition) is 2. The van der Waals surface area contributed by atoms with Crippen molar-refractivity contribution in [3.8, 4) is 11.4 Å². The van der Waals surface area contributed by atoms with Crippen LogP contribution in [0.4, 0.5) is 21.7 Å². The van der Waals surface area contributed by atoms with Crippen molar-refractivity contribution >= 4 is 39.6 Å². The van der Waals surface area contributed by atoms with Crippen LogP contribution < -0.4 is 15.5 Å². The maximum absolute atomic E-state index is 15.0. The van der Waals surface area contributed by atoms with E-state index in [1.54, 1.807) is 36.2 Å². The monoisotopic (exact) mass is 476 g/mol. The average molecular weight is 477 g/mol. The molecule has 1 atom stereocenters. The van der Waals surface area contributed by atoms with Gasteiger partial charge in [0.15, 0.2) is 17.3 Å². The molecule has 0 radical (unpaired) electrons. The standard InChI is InChI=1S/C24H25FN8O2/c1-13-11-32(5-6-35-13)19-12-33-21(8-18(19)25)30-23(31-33)17-10-28-22(26-2)16-9-27-20(7-15(16)17)29-24(34)14-3-4-14/h7-10,12-14H,3-6,11H2,1-2H3,(H,26,28)(H,27,29,34). The topological polar surface area (TPSA) is 110 Å². The lowest BCUT2D eigenvalue weighted by Crippen LogP contribution is -2.41. The van der Waals surface area contributed by atoms with Crippen LogP contribution in [0.3, 0.4) is 0 Å². The number of ether oxygens (including phenoxy) is 1.